The molecule has 1 unspecified atom stereocenters. The molecule has 1 aromatic carbocycles. The number of nitrogens with zero attached hydrogens (tertiary/aromatic N) is 4. The molecule has 1 fully saturated rings. The number of hydrogen-bond donors (Lipinski definition) is 0. The van der Waals surface area contributed by atoms with Crippen LogP contribution in [0.1, 0.15) is 17.4 Å². The Bertz CT molecular complexity index is 810. The van der Waals surface area contributed by atoms with Gasteiger partial charge in [0.25, 0.3) is 0 Å². The molecule has 0 saturated carbocycles. The summed E-state index contributed by atoms with van der Waals surface area (Å²) in [5, 5.41) is 2.19. The third-order valence-corrected chi connectivity index (χ3v) is 6.26. The highest BCUT2D eigenvalue weighted by Crippen LogP contribution is 2.36. The van der Waals surface area contributed by atoms with E-state index >= 15 is 0 Å². The SMILES string of the molecule is CC1COCCN1c1nc2c(s1)C=NCN2Cc1cccc(Cl)c1Cl. The largest absolute Gasteiger partial charge is 0.377 e. The first-order chi connectivity index (χ1) is 12.1. The van der Waals surface area contributed by atoms with Gasteiger partial charge in [0.1, 0.15) is 6.67 Å². The molecule has 2 aromatic rings. The highest BCUT2D eigenvalue weighted by Gasteiger charge is 2.26. The zero-order valence-electron chi connectivity index (χ0n) is 13.8. The number of thiazole rings is 1. The summed E-state index contributed by atoms with van der Waals surface area (Å²) in [6, 6.07) is 6.03. The minimum Gasteiger partial charge on any atom is -0.377 e. The smallest absolute Gasteiger partial charge is 0.188 e. The molecular formula is C17H18Cl2N4OS. The molecule has 0 spiro atoms. The molecule has 0 bridgehead atoms. The molecule has 0 N–H and O–H groups in total. The first-order valence-corrected chi connectivity index (χ1v) is 9.73. The first kappa shape index (κ1) is 17.1. The number of fused-ring (bicyclic) bond motifs is 1. The Kier molecular flexibility index (Phi) is 4.86. The van der Waals surface area contributed by atoms with Crippen molar-refractivity contribution in [1.29, 1.82) is 0 Å². The average Bonchev–Trinajstić information content (AvgIpc) is 3.04. The zero-order chi connectivity index (χ0) is 17.4. The van der Waals surface area contributed by atoms with Crippen molar-refractivity contribution in [2.45, 2.75) is 19.5 Å². The molecule has 8 heteroatoms. The monoisotopic (exact) mass is 396 g/mol. The van der Waals surface area contributed by atoms with E-state index in [-0.39, 0.29) is 0 Å². The number of rotatable bonds is 3. The molecule has 2 aliphatic rings. The van der Waals surface area contributed by atoms with Crippen molar-refractivity contribution >= 4 is 51.7 Å². The van der Waals surface area contributed by atoms with Crippen molar-refractivity contribution in [3.8, 4) is 0 Å². The summed E-state index contributed by atoms with van der Waals surface area (Å²) in [7, 11) is 0. The molecule has 4 rings (SSSR count). The number of morpholine rings is 1. The van der Waals surface area contributed by atoms with Gasteiger partial charge in [0.2, 0.25) is 0 Å². The van der Waals surface area contributed by atoms with E-state index in [0.29, 0.717) is 29.3 Å². The average molecular weight is 397 g/mol. The van der Waals surface area contributed by atoms with E-state index in [1.807, 2.05) is 18.3 Å². The van der Waals surface area contributed by atoms with Crippen LogP contribution in [0.5, 0.6) is 0 Å². The summed E-state index contributed by atoms with van der Waals surface area (Å²) in [4.78, 5) is 14.9. The number of halogens is 2. The molecule has 0 aliphatic carbocycles. The Hall–Kier alpha value is -1.34. The summed E-state index contributed by atoms with van der Waals surface area (Å²) in [6.07, 6.45) is 1.91. The second kappa shape index (κ2) is 7.11. The topological polar surface area (TPSA) is 41.0 Å². The molecule has 25 heavy (non-hydrogen) atoms. The number of aliphatic imine (C=N–C) groups is 1. The van der Waals surface area contributed by atoms with Crippen molar-refractivity contribution < 1.29 is 4.74 Å². The van der Waals surface area contributed by atoms with E-state index in [1.54, 1.807) is 17.4 Å². The molecule has 3 heterocycles. The fourth-order valence-electron chi connectivity index (χ4n) is 3.05. The molecule has 0 radical (unpaired) electrons. The lowest BCUT2D eigenvalue weighted by atomic mass is 10.2. The summed E-state index contributed by atoms with van der Waals surface area (Å²) < 4.78 is 5.53. The number of ether oxygens (including phenoxy) is 1. The molecule has 2 aliphatic heterocycles. The van der Waals surface area contributed by atoms with Crippen molar-refractivity contribution in [3.63, 3.8) is 0 Å². The minimum absolute atomic E-state index is 0.328. The van der Waals surface area contributed by atoms with Gasteiger partial charge in [0.05, 0.1) is 34.2 Å². The van der Waals surface area contributed by atoms with Crippen LogP contribution in [-0.2, 0) is 11.3 Å². The predicted octanol–water partition coefficient (Wildman–Crippen LogP) is 4.07. The molecule has 1 saturated heterocycles. The van der Waals surface area contributed by atoms with Gasteiger partial charge in [-0.25, -0.2) is 4.98 Å². The lowest BCUT2D eigenvalue weighted by Gasteiger charge is -2.33. The van der Waals surface area contributed by atoms with Gasteiger partial charge < -0.3 is 14.5 Å². The van der Waals surface area contributed by atoms with Crippen LogP contribution < -0.4 is 9.80 Å². The van der Waals surface area contributed by atoms with Gasteiger partial charge in [-0.3, -0.25) is 4.99 Å². The van der Waals surface area contributed by atoms with Gasteiger partial charge in [-0.2, -0.15) is 0 Å². The highest BCUT2D eigenvalue weighted by molar-refractivity contribution is 7.17. The summed E-state index contributed by atoms with van der Waals surface area (Å²) in [5.74, 6) is 0.963. The van der Waals surface area contributed by atoms with Crippen LogP contribution in [0.4, 0.5) is 10.9 Å². The predicted molar refractivity (Wildman–Crippen MR) is 105 cm³/mol. The number of aromatic nitrogens is 1. The maximum Gasteiger partial charge on any atom is 0.188 e. The van der Waals surface area contributed by atoms with E-state index in [1.165, 1.54) is 0 Å². The van der Waals surface area contributed by atoms with Crippen LogP contribution in [-0.4, -0.2) is 43.7 Å². The van der Waals surface area contributed by atoms with E-state index < -0.39 is 0 Å². The maximum atomic E-state index is 6.35. The van der Waals surface area contributed by atoms with Crippen LogP contribution in [0.2, 0.25) is 10.0 Å². The van der Waals surface area contributed by atoms with Crippen LogP contribution in [0.25, 0.3) is 0 Å². The summed E-state index contributed by atoms with van der Waals surface area (Å²) in [5.41, 5.74) is 0.978. The van der Waals surface area contributed by atoms with E-state index in [2.05, 4.69) is 21.7 Å². The third kappa shape index (κ3) is 3.36. The Labute approximate surface area is 160 Å². The van der Waals surface area contributed by atoms with E-state index in [9.17, 15) is 0 Å². The van der Waals surface area contributed by atoms with E-state index in [4.69, 9.17) is 32.9 Å². The van der Waals surface area contributed by atoms with Gasteiger partial charge in [-0.05, 0) is 18.6 Å². The fourth-order valence-corrected chi connectivity index (χ4v) is 4.54. The third-order valence-electron chi connectivity index (χ3n) is 4.39. The van der Waals surface area contributed by atoms with Crippen molar-refractivity contribution in [2.75, 3.05) is 36.2 Å². The lowest BCUT2D eigenvalue weighted by Crippen LogP contribution is -2.43. The Morgan fingerprint density at radius 1 is 1.36 bits per heavy atom. The quantitative estimate of drug-likeness (QED) is 0.783. The van der Waals surface area contributed by atoms with Crippen LogP contribution >= 0.6 is 34.5 Å². The van der Waals surface area contributed by atoms with Crippen molar-refractivity contribution in [3.05, 3.63) is 38.7 Å². The number of hydrogen-bond acceptors (Lipinski definition) is 6. The molecule has 5 nitrogen and oxygen atoms in total. The van der Waals surface area contributed by atoms with Crippen molar-refractivity contribution in [2.24, 2.45) is 4.99 Å². The highest BCUT2D eigenvalue weighted by atomic mass is 35.5. The van der Waals surface area contributed by atoms with Gasteiger partial charge in [-0.1, -0.05) is 46.7 Å². The standard InChI is InChI=1S/C17H18Cl2N4OS/c1-11-9-24-6-5-23(11)17-21-16-14(25-17)7-20-10-22(16)8-12-3-2-4-13(18)15(12)19/h2-4,7,11H,5-6,8-10H2,1H3. The lowest BCUT2D eigenvalue weighted by molar-refractivity contribution is 0.0989. The fraction of sp³-hybridized carbons (Fsp3) is 0.412. The normalized spacial score (nSPS) is 20.0. The van der Waals surface area contributed by atoms with Gasteiger partial charge in [0, 0.05) is 19.3 Å². The Morgan fingerprint density at radius 2 is 2.24 bits per heavy atom. The first-order valence-electron chi connectivity index (χ1n) is 8.16. The minimum atomic E-state index is 0.328. The zero-order valence-corrected chi connectivity index (χ0v) is 16.1. The molecule has 0 amide bonds. The number of anilines is 2. The van der Waals surface area contributed by atoms with Crippen molar-refractivity contribution in [1.82, 2.24) is 4.98 Å². The maximum absolute atomic E-state index is 6.35. The second-order valence-electron chi connectivity index (χ2n) is 6.17. The molecular weight excluding hydrogens is 379 g/mol. The summed E-state index contributed by atoms with van der Waals surface area (Å²) in [6.45, 7) is 5.70. The van der Waals surface area contributed by atoms with Gasteiger partial charge >= 0.3 is 0 Å². The van der Waals surface area contributed by atoms with Crippen LogP contribution in [0.3, 0.4) is 0 Å². The van der Waals surface area contributed by atoms with Crippen LogP contribution in [0.15, 0.2) is 23.2 Å². The van der Waals surface area contributed by atoms with Crippen LogP contribution in [0, 0.1) is 0 Å². The van der Waals surface area contributed by atoms with E-state index in [0.717, 1.165) is 41.1 Å². The van der Waals surface area contributed by atoms with Gasteiger partial charge in [-0.15, -0.1) is 0 Å². The molecule has 1 aromatic heterocycles. The Balaban J connectivity index is 1.61. The summed E-state index contributed by atoms with van der Waals surface area (Å²) >= 11 is 14.2. The molecule has 1 atom stereocenters. The second-order valence-corrected chi connectivity index (χ2v) is 7.96. The Morgan fingerprint density at radius 3 is 3.08 bits per heavy atom. The van der Waals surface area contributed by atoms with Gasteiger partial charge in [0.15, 0.2) is 10.9 Å². The number of benzene rings is 1. The molecule has 132 valence electrons.